The highest BCUT2D eigenvalue weighted by molar-refractivity contribution is 7.13. The third-order valence-electron chi connectivity index (χ3n) is 5.50. The summed E-state index contributed by atoms with van der Waals surface area (Å²) in [6.07, 6.45) is 3.28. The summed E-state index contributed by atoms with van der Waals surface area (Å²) in [5.74, 6) is 1.24. The van der Waals surface area contributed by atoms with Crippen LogP contribution in [0.15, 0.2) is 24.3 Å². The molecular formula is C16H14N2O2S. The maximum Gasteiger partial charge on any atom is 0.239 e. The highest BCUT2D eigenvalue weighted by Gasteiger charge is 2.61. The van der Waals surface area contributed by atoms with E-state index in [9.17, 15) is 9.59 Å². The highest BCUT2D eigenvalue weighted by atomic mass is 32.1. The summed E-state index contributed by atoms with van der Waals surface area (Å²) < 4.78 is 5.42. The molecule has 1 saturated heterocycles. The Labute approximate surface area is 125 Å². The smallest absolute Gasteiger partial charge is 0.239 e. The lowest BCUT2D eigenvalue weighted by Gasteiger charge is -2.19. The van der Waals surface area contributed by atoms with Gasteiger partial charge in [-0.05, 0) is 54.8 Å². The van der Waals surface area contributed by atoms with Crippen molar-refractivity contribution >= 4 is 39.3 Å². The van der Waals surface area contributed by atoms with E-state index in [1.54, 1.807) is 0 Å². The maximum absolute atomic E-state index is 12.8. The van der Waals surface area contributed by atoms with Crippen molar-refractivity contribution in [2.75, 3.05) is 4.90 Å². The lowest BCUT2D eigenvalue weighted by molar-refractivity contribution is -0.123. The molecule has 2 heterocycles. The van der Waals surface area contributed by atoms with Crippen molar-refractivity contribution in [3.05, 3.63) is 24.3 Å². The van der Waals surface area contributed by atoms with Gasteiger partial charge < -0.3 is 0 Å². The molecule has 5 rings (SSSR count). The predicted molar refractivity (Wildman–Crippen MR) is 79.9 cm³/mol. The number of rotatable bonds is 1. The van der Waals surface area contributed by atoms with Crippen molar-refractivity contribution in [2.45, 2.75) is 19.3 Å². The van der Waals surface area contributed by atoms with Gasteiger partial charge in [-0.3, -0.25) is 9.59 Å². The van der Waals surface area contributed by atoms with Gasteiger partial charge in [-0.15, -0.1) is 0 Å². The van der Waals surface area contributed by atoms with Crippen LogP contribution in [0.2, 0.25) is 0 Å². The number of benzene rings is 1. The van der Waals surface area contributed by atoms with E-state index in [4.69, 9.17) is 0 Å². The van der Waals surface area contributed by atoms with Crippen molar-refractivity contribution in [3.8, 4) is 0 Å². The molecular weight excluding hydrogens is 284 g/mol. The van der Waals surface area contributed by atoms with Crippen molar-refractivity contribution in [1.82, 2.24) is 4.37 Å². The Morgan fingerprint density at radius 2 is 1.71 bits per heavy atom. The molecule has 21 heavy (non-hydrogen) atoms. The van der Waals surface area contributed by atoms with Crippen LogP contribution in [-0.4, -0.2) is 16.2 Å². The van der Waals surface area contributed by atoms with Crippen molar-refractivity contribution < 1.29 is 9.59 Å². The lowest BCUT2D eigenvalue weighted by atomic mass is 9.81. The number of anilines is 1. The summed E-state index contributed by atoms with van der Waals surface area (Å²) >= 11 is 1.35. The Hall–Kier alpha value is -1.75. The van der Waals surface area contributed by atoms with E-state index >= 15 is 0 Å². The number of aromatic nitrogens is 1. The molecule has 1 aromatic carbocycles. The van der Waals surface area contributed by atoms with E-state index < -0.39 is 0 Å². The highest BCUT2D eigenvalue weighted by Crippen LogP contribution is 2.56. The van der Waals surface area contributed by atoms with Gasteiger partial charge in [-0.2, -0.15) is 4.37 Å². The van der Waals surface area contributed by atoms with E-state index in [1.165, 1.54) is 16.4 Å². The molecule has 0 radical (unpaired) electrons. The van der Waals surface area contributed by atoms with Gasteiger partial charge in [-0.25, -0.2) is 4.90 Å². The van der Waals surface area contributed by atoms with E-state index in [0.29, 0.717) is 17.7 Å². The number of carbonyl (C=O) groups is 2. The standard InChI is InChI=1S/C16H14N2O2S/c19-15-12-8-5-6-9(7-8)13(12)16(20)18(15)14-10-3-1-2-4-11(10)21-17-14/h1-4,8-9,12-13H,5-7H2/t8-,9+,12-,13+. The second-order valence-electron chi connectivity index (χ2n) is 6.40. The minimum absolute atomic E-state index is 0.00625. The molecule has 1 aliphatic heterocycles. The SMILES string of the molecule is O=C1[C@@H]2[C@@H]3CC[C@@H](C3)[C@@H]2C(=O)N1c1nsc2ccccc12. The number of carbonyl (C=O) groups excluding carboxylic acids is 2. The van der Waals surface area contributed by atoms with Crippen molar-refractivity contribution in [2.24, 2.45) is 23.7 Å². The Bertz CT molecular complexity index is 755. The Kier molecular flexibility index (Phi) is 2.21. The Balaban J connectivity index is 1.64. The van der Waals surface area contributed by atoms with Crippen molar-refractivity contribution in [1.29, 1.82) is 0 Å². The van der Waals surface area contributed by atoms with Gasteiger partial charge >= 0.3 is 0 Å². The van der Waals surface area contributed by atoms with Crippen LogP contribution in [0.5, 0.6) is 0 Å². The molecule has 3 aliphatic rings. The van der Waals surface area contributed by atoms with Crippen LogP contribution in [-0.2, 0) is 9.59 Å². The fourth-order valence-electron chi connectivity index (χ4n) is 4.65. The summed E-state index contributed by atoms with van der Waals surface area (Å²) in [6, 6.07) is 7.80. The summed E-state index contributed by atoms with van der Waals surface area (Å²) in [7, 11) is 0. The van der Waals surface area contributed by atoms with Gasteiger partial charge in [0.05, 0.1) is 16.5 Å². The fourth-order valence-corrected chi connectivity index (χ4v) is 5.41. The van der Waals surface area contributed by atoms with Crippen LogP contribution < -0.4 is 4.90 Å². The average molecular weight is 298 g/mol. The normalized spacial score (nSPS) is 34.2. The molecule has 0 spiro atoms. The van der Waals surface area contributed by atoms with Crippen molar-refractivity contribution in [3.63, 3.8) is 0 Å². The summed E-state index contributed by atoms with van der Waals surface area (Å²) in [6.45, 7) is 0. The third kappa shape index (κ3) is 1.37. The molecule has 2 aromatic rings. The van der Waals surface area contributed by atoms with E-state index in [1.807, 2.05) is 24.3 Å². The minimum Gasteiger partial charge on any atom is -0.274 e. The zero-order valence-corrected chi connectivity index (χ0v) is 12.2. The first kappa shape index (κ1) is 11.9. The van der Waals surface area contributed by atoms with Gasteiger partial charge in [-0.1, -0.05) is 12.1 Å². The van der Waals surface area contributed by atoms with E-state index in [-0.39, 0.29) is 23.7 Å². The van der Waals surface area contributed by atoms with Crippen LogP contribution in [0, 0.1) is 23.7 Å². The summed E-state index contributed by atoms with van der Waals surface area (Å²) in [4.78, 5) is 27.0. The van der Waals surface area contributed by atoms with Crippen LogP contribution in [0.4, 0.5) is 5.82 Å². The molecule has 4 atom stereocenters. The van der Waals surface area contributed by atoms with Crippen LogP contribution in [0.3, 0.4) is 0 Å². The second kappa shape index (κ2) is 3.91. The van der Waals surface area contributed by atoms with E-state index in [2.05, 4.69) is 4.37 Å². The number of hydrogen-bond donors (Lipinski definition) is 0. The predicted octanol–water partition coefficient (Wildman–Crippen LogP) is 2.83. The molecule has 1 aromatic heterocycles. The maximum atomic E-state index is 12.8. The molecule has 2 saturated carbocycles. The zero-order valence-electron chi connectivity index (χ0n) is 11.4. The molecule has 106 valence electrons. The third-order valence-corrected chi connectivity index (χ3v) is 6.31. The molecule has 0 unspecified atom stereocenters. The number of nitrogens with zero attached hydrogens (tertiary/aromatic N) is 2. The first-order valence-electron chi connectivity index (χ1n) is 7.48. The number of fused-ring (bicyclic) bond motifs is 6. The van der Waals surface area contributed by atoms with Gasteiger partial charge in [0.2, 0.25) is 11.8 Å². The Morgan fingerprint density at radius 3 is 2.43 bits per heavy atom. The molecule has 2 amide bonds. The molecule has 3 fully saturated rings. The number of hydrogen-bond acceptors (Lipinski definition) is 4. The first-order valence-corrected chi connectivity index (χ1v) is 8.25. The lowest BCUT2D eigenvalue weighted by Crippen LogP contribution is -2.33. The first-order chi connectivity index (χ1) is 10.3. The molecule has 5 heteroatoms. The molecule has 2 aliphatic carbocycles. The fraction of sp³-hybridized carbons (Fsp3) is 0.438. The molecule has 2 bridgehead atoms. The minimum atomic E-state index is -0.0725. The quantitative estimate of drug-likeness (QED) is 0.761. The van der Waals surface area contributed by atoms with Gasteiger partial charge in [0.25, 0.3) is 0 Å². The summed E-state index contributed by atoms with van der Waals surface area (Å²) in [5, 5.41) is 0.913. The van der Waals surface area contributed by atoms with Crippen LogP contribution in [0.1, 0.15) is 19.3 Å². The van der Waals surface area contributed by atoms with Gasteiger partial charge in [0, 0.05) is 5.39 Å². The molecule has 0 N–H and O–H groups in total. The van der Waals surface area contributed by atoms with Crippen LogP contribution in [0.25, 0.3) is 10.1 Å². The number of imide groups is 1. The summed E-state index contributed by atoms with van der Waals surface area (Å²) in [5.41, 5.74) is 0. The van der Waals surface area contributed by atoms with Crippen LogP contribution >= 0.6 is 11.5 Å². The second-order valence-corrected chi connectivity index (χ2v) is 7.20. The largest absolute Gasteiger partial charge is 0.274 e. The van der Waals surface area contributed by atoms with Gasteiger partial charge in [0.1, 0.15) is 0 Å². The molecule has 4 nitrogen and oxygen atoms in total. The van der Waals surface area contributed by atoms with E-state index in [0.717, 1.165) is 29.3 Å². The topological polar surface area (TPSA) is 50.3 Å². The zero-order chi connectivity index (χ0) is 14.1. The number of amides is 2. The average Bonchev–Trinajstić information content (AvgIpc) is 3.23. The van der Waals surface area contributed by atoms with Gasteiger partial charge in [0.15, 0.2) is 5.82 Å². The Morgan fingerprint density at radius 1 is 1.05 bits per heavy atom. The monoisotopic (exact) mass is 298 g/mol.